The molecule has 0 saturated carbocycles. The minimum Gasteiger partial charge on any atom is -0.490 e. The van der Waals surface area contributed by atoms with Gasteiger partial charge in [-0.25, -0.2) is 0 Å². The van der Waals surface area contributed by atoms with E-state index in [2.05, 4.69) is 10.3 Å². The lowest BCUT2D eigenvalue weighted by molar-refractivity contribution is 0.105. The molecule has 0 aliphatic rings. The number of aromatic amines is 1. The van der Waals surface area contributed by atoms with E-state index in [-0.39, 0.29) is 6.61 Å². The SMILES string of the molecule is [2H]C([2H])([2H])C([2H])(NCC(O)COc1cccc2[nH]c(C)cc12)C([2H])([2H])[2H]. The Bertz CT molecular complexity index is 741. The molecule has 1 aromatic heterocycles. The number of nitrogens with one attached hydrogen (secondary N) is 2. The zero-order valence-corrected chi connectivity index (χ0v) is 10.7. The fourth-order valence-electron chi connectivity index (χ4n) is 1.86. The molecule has 1 aromatic carbocycles. The monoisotopic (exact) mass is 269 g/mol. The van der Waals surface area contributed by atoms with Gasteiger partial charge in [-0.3, -0.25) is 0 Å². The predicted molar refractivity (Wildman–Crippen MR) is 77.7 cm³/mol. The summed E-state index contributed by atoms with van der Waals surface area (Å²) in [6.45, 7) is -4.88. The molecule has 2 rings (SSSR count). The van der Waals surface area contributed by atoms with Crippen LogP contribution in [0.3, 0.4) is 0 Å². The molecule has 0 aliphatic heterocycles. The smallest absolute Gasteiger partial charge is 0.128 e. The Hall–Kier alpha value is -1.52. The second-order valence-electron chi connectivity index (χ2n) is 4.39. The Morgan fingerprint density at radius 1 is 1.53 bits per heavy atom. The van der Waals surface area contributed by atoms with E-state index in [4.69, 9.17) is 14.3 Å². The van der Waals surface area contributed by atoms with Gasteiger partial charge < -0.3 is 20.1 Å². The molecule has 0 fully saturated rings. The average molecular weight is 269 g/mol. The van der Waals surface area contributed by atoms with Crippen LogP contribution in [-0.2, 0) is 0 Å². The molecule has 1 atom stereocenters. The minimum absolute atomic E-state index is 0.186. The van der Waals surface area contributed by atoms with E-state index < -0.39 is 32.4 Å². The first-order valence-corrected chi connectivity index (χ1v) is 5.99. The van der Waals surface area contributed by atoms with Gasteiger partial charge >= 0.3 is 0 Å². The van der Waals surface area contributed by atoms with Crippen LogP contribution >= 0.6 is 0 Å². The summed E-state index contributed by atoms with van der Waals surface area (Å²) in [5, 5.41) is 13.0. The van der Waals surface area contributed by atoms with Gasteiger partial charge in [-0.05, 0) is 25.1 Å². The van der Waals surface area contributed by atoms with Crippen molar-refractivity contribution in [3.8, 4) is 5.75 Å². The molecule has 1 unspecified atom stereocenters. The molecule has 3 N–H and O–H groups in total. The molecule has 19 heavy (non-hydrogen) atoms. The summed E-state index contributed by atoms with van der Waals surface area (Å²) in [6.07, 6.45) is -1.19. The number of aliphatic hydroxyl groups excluding tert-OH is 1. The number of aryl methyl sites for hydroxylation is 1. The summed E-state index contributed by atoms with van der Waals surface area (Å²) in [5.41, 5.74) is 1.83. The van der Waals surface area contributed by atoms with E-state index in [0.29, 0.717) is 5.75 Å². The summed E-state index contributed by atoms with van der Waals surface area (Å²) in [4.78, 5) is 3.16. The molecular weight excluding hydrogens is 240 g/mol. The van der Waals surface area contributed by atoms with Crippen molar-refractivity contribution >= 4 is 10.9 Å². The second kappa shape index (κ2) is 6.08. The quantitative estimate of drug-likeness (QED) is 0.753. The van der Waals surface area contributed by atoms with E-state index in [9.17, 15) is 5.11 Å². The first kappa shape index (κ1) is 7.31. The topological polar surface area (TPSA) is 57.3 Å². The second-order valence-corrected chi connectivity index (χ2v) is 4.39. The number of ether oxygens (including phenoxy) is 1. The van der Waals surface area contributed by atoms with Gasteiger partial charge in [0.25, 0.3) is 0 Å². The normalized spacial score (nSPS) is 20.4. The van der Waals surface area contributed by atoms with E-state index in [1.165, 1.54) is 0 Å². The number of aliphatic hydroxyl groups is 1. The summed E-state index contributed by atoms with van der Waals surface area (Å²) in [6, 6.07) is 4.42. The zero-order valence-electron chi connectivity index (χ0n) is 17.7. The Kier molecular flexibility index (Phi) is 2.34. The Morgan fingerprint density at radius 3 is 3.16 bits per heavy atom. The number of hydrogen-bond acceptors (Lipinski definition) is 3. The van der Waals surface area contributed by atoms with E-state index in [1.807, 2.05) is 19.1 Å². The maximum absolute atomic E-state index is 10.0. The van der Waals surface area contributed by atoms with Crippen molar-refractivity contribution in [3.63, 3.8) is 0 Å². The standard InChI is InChI=1S/C15H22N2O2/c1-10(2)16-8-12(18)9-19-15-6-4-5-14-13(15)7-11(3)17-14/h4-7,10,12,16-18H,8-9H2,1-3H3/i1D3,2D3,10D. The fourth-order valence-corrected chi connectivity index (χ4v) is 1.86. The van der Waals surface area contributed by atoms with Crippen LogP contribution in [0.2, 0.25) is 0 Å². The molecule has 0 aliphatic carbocycles. The van der Waals surface area contributed by atoms with Crippen LogP contribution in [0.25, 0.3) is 10.9 Å². The molecule has 0 spiro atoms. The van der Waals surface area contributed by atoms with Gasteiger partial charge in [0.1, 0.15) is 18.5 Å². The largest absolute Gasteiger partial charge is 0.490 e. The van der Waals surface area contributed by atoms with Gasteiger partial charge in [-0.15, -0.1) is 0 Å². The van der Waals surface area contributed by atoms with Gasteiger partial charge in [0.15, 0.2) is 0 Å². The Labute approximate surface area is 123 Å². The van der Waals surface area contributed by atoms with Crippen molar-refractivity contribution in [1.82, 2.24) is 10.3 Å². The fraction of sp³-hybridized carbons (Fsp3) is 0.467. The predicted octanol–water partition coefficient (Wildman–Crippen LogP) is 2.21. The van der Waals surface area contributed by atoms with Crippen LogP contribution in [0.15, 0.2) is 24.3 Å². The van der Waals surface area contributed by atoms with E-state index in [1.54, 1.807) is 12.1 Å². The molecule has 2 aromatic rings. The molecular formula is C15H22N2O2. The Balaban J connectivity index is 2.01. The molecule has 0 radical (unpaired) electrons. The molecule has 4 nitrogen and oxygen atoms in total. The number of hydrogen-bond donors (Lipinski definition) is 3. The summed E-state index contributed by atoms with van der Waals surface area (Å²) >= 11 is 0. The van der Waals surface area contributed by atoms with Crippen molar-refractivity contribution in [2.75, 3.05) is 13.2 Å². The van der Waals surface area contributed by atoms with Crippen LogP contribution in [0, 0.1) is 6.92 Å². The van der Waals surface area contributed by atoms with E-state index >= 15 is 0 Å². The van der Waals surface area contributed by atoms with Crippen molar-refractivity contribution in [3.05, 3.63) is 30.0 Å². The molecule has 0 bridgehead atoms. The third-order valence-electron chi connectivity index (χ3n) is 2.70. The maximum Gasteiger partial charge on any atom is 0.128 e. The van der Waals surface area contributed by atoms with Crippen LogP contribution < -0.4 is 10.1 Å². The molecule has 1 heterocycles. The van der Waals surface area contributed by atoms with Gasteiger partial charge in [0, 0.05) is 38.8 Å². The number of rotatable bonds is 6. The highest BCUT2D eigenvalue weighted by Crippen LogP contribution is 2.26. The third-order valence-corrected chi connectivity index (χ3v) is 2.70. The minimum atomic E-state index is -3.09. The van der Waals surface area contributed by atoms with Crippen molar-refractivity contribution < 1.29 is 19.4 Å². The number of fused-ring (bicyclic) bond motifs is 1. The van der Waals surface area contributed by atoms with Gasteiger partial charge in [-0.1, -0.05) is 19.8 Å². The maximum atomic E-state index is 10.0. The number of benzene rings is 1. The summed E-state index contributed by atoms with van der Waals surface area (Å²) in [7, 11) is 0. The average Bonchev–Trinajstić information content (AvgIpc) is 2.88. The first-order valence-electron chi connectivity index (χ1n) is 9.49. The lowest BCUT2D eigenvalue weighted by atomic mass is 10.2. The highest BCUT2D eigenvalue weighted by Gasteiger charge is 2.09. The Morgan fingerprint density at radius 2 is 2.37 bits per heavy atom. The zero-order chi connectivity index (χ0) is 19.8. The number of H-pyrrole nitrogens is 1. The third kappa shape index (κ3) is 3.72. The van der Waals surface area contributed by atoms with Crippen molar-refractivity contribution in [1.29, 1.82) is 0 Å². The van der Waals surface area contributed by atoms with Gasteiger partial charge in [0.05, 0.1) is 0 Å². The first-order chi connectivity index (χ1) is 11.8. The molecule has 0 amide bonds. The summed E-state index contributed by atoms with van der Waals surface area (Å²) in [5.74, 6) is 0.537. The van der Waals surface area contributed by atoms with E-state index in [0.717, 1.165) is 16.6 Å². The van der Waals surface area contributed by atoms with Crippen LogP contribution in [0.5, 0.6) is 5.75 Å². The van der Waals surface area contributed by atoms with Gasteiger partial charge in [-0.2, -0.15) is 0 Å². The molecule has 0 saturated heterocycles. The van der Waals surface area contributed by atoms with Gasteiger partial charge in [0.2, 0.25) is 0 Å². The van der Waals surface area contributed by atoms with Crippen molar-refractivity contribution in [2.24, 2.45) is 0 Å². The highest BCUT2D eigenvalue weighted by atomic mass is 16.5. The van der Waals surface area contributed by atoms with Crippen LogP contribution in [-0.4, -0.2) is 35.4 Å². The number of aromatic nitrogens is 1. The van der Waals surface area contributed by atoms with Crippen LogP contribution in [0.4, 0.5) is 0 Å². The summed E-state index contributed by atoms with van der Waals surface area (Å²) < 4.78 is 57.3. The van der Waals surface area contributed by atoms with Crippen molar-refractivity contribution in [2.45, 2.75) is 32.7 Å². The molecule has 4 heteroatoms. The lowest BCUT2D eigenvalue weighted by Crippen LogP contribution is -2.35. The highest BCUT2D eigenvalue weighted by molar-refractivity contribution is 5.86. The lowest BCUT2D eigenvalue weighted by Gasteiger charge is -2.15. The molecule has 104 valence electrons. The van der Waals surface area contributed by atoms with Crippen LogP contribution in [0.1, 0.15) is 29.0 Å².